The van der Waals surface area contributed by atoms with Gasteiger partial charge in [0.1, 0.15) is 18.1 Å². The average Bonchev–Trinajstić information content (AvgIpc) is 3.24. The molecular formula is C26H40N4. The highest BCUT2D eigenvalue weighted by molar-refractivity contribution is 5.44. The van der Waals surface area contributed by atoms with Gasteiger partial charge in [-0.15, -0.1) is 0 Å². The highest BCUT2D eigenvalue weighted by Gasteiger charge is 2.34. The molecule has 1 atom stereocenters. The molecule has 1 heterocycles. The molecule has 0 radical (unpaired) electrons. The number of aryl methyl sites for hydroxylation is 3. The minimum absolute atomic E-state index is 0.559. The number of nitrogens with zero attached hydrogens (tertiary/aromatic N) is 4. The van der Waals surface area contributed by atoms with E-state index in [1.165, 1.54) is 74.5 Å². The second-order valence-corrected chi connectivity index (χ2v) is 8.97. The van der Waals surface area contributed by atoms with Crippen LogP contribution in [0.2, 0.25) is 0 Å². The van der Waals surface area contributed by atoms with Crippen LogP contribution in [0, 0.1) is 32.1 Å². The van der Waals surface area contributed by atoms with Crippen LogP contribution in [0.1, 0.15) is 99.8 Å². The molecule has 0 spiro atoms. The first-order valence-corrected chi connectivity index (χ1v) is 11.8. The van der Waals surface area contributed by atoms with Crippen molar-refractivity contribution in [1.82, 2.24) is 14.8 Å². The molecule has 0 saturated heterocycles. The number of unbranched alkanes of at least 4 members (excludes halogenated alkanes) is 9. The summed E-state index contributed by atoms with van der Waals surface area (Å²) in [5, 5.41) is 14.6. The van der Waals surface area contributed by atoms with Gasteiger partial charge in [-0.2, -0.15) is 10.4 Å². The van der Waals surface area contributed by atoms with Crippen molar-refractivity contribution in [2.75, 3.05) is 0 Å². The number of hydrogen-bond donors (Lipinski definition) is 0. The van der Waals surface area contributed by atoms with Crippen molar-refractivity contribution >= 4 is 0 Å². The Labute approximate surface area is 183 Å². The van der Waals surface area contributed by atoms with Crippen LogP contribution in [0.25, 0.3) is 0 Å². The maximum Gasteiger partial charge on any atom is 0.137 e. The van der Waals surface area contributed by atoms with Crippen LogP contribution in [0.3, 0.4) is 0 Å². The lowest BCUT2D eigenvalue weighted by Gasteiger charge is -2.29. The third-order valence-corrected chi connectivity index (χ3v) is 6.43. The summed E-state index contributed by atoms with van der Waals surface area (Å²) in [7, 11) is 0. The van der Waals surface area contributed by atoms with E-state index in [9.17, 15) is 5.26 Å². The standard InChI is InChI=1S/C26H40N4/c1-5-6-7-8-9-10-11-12-13-14-15-26(18-27,19-30-21-28-20-29-30)25-17-23(3)22(2)16-24(25)4/h16-17,20-21H,5-15,19H2,1-4H3. The maximum atomic E-state index is 10.3. The van der Waals surface area contributed by atoms with Crippen LogP contribution in [-0.2, 0) is 12.0 Å². The van der Waals surface area contributed by atoms with Crippen LogP contribution < -0.4 is 0 Å². The number of nitriles is 1. The summed E-state index contributed by atoms with van der Waals surface area (Å²) in [4.78, 5) is 4.09. The minimum atomic E-state index is -0.559. The van der Waals surface area contributed by atoms with Crippen molar-refractivity contribution < 1.29 is 0 Å². The predicted octanol–water partition coefficient (Wildman–Crippen LogP) is 6.98. The van der Waals surface area contributed by atoms with E-state index in [0.29, 0.717) is 6.54 Å². The SMILES string of the molecule is CCCCCCCCCCCCC(C#N)(Cn1cncn1)c1cc(C)c(C)cc1C. The van der Waals surface area contributed by atoms with E-state index in [0.717, 1.165) is 18.4 Å². The molecule has 0 fully saturated rings. The fourth-order valence-electron chi connectivity index (χ4n) is 4.43. The fourth-order valence-corrected chi connectivity index (χ4v) is 4.43. The highest BCUT2D eigenvalue weighted by atomic mass is 15.3. The lowest BCUT2D eigenvalue weighted by molar-refractivity contribution is 0.382. The zero-order chi connectivity index (χ0) is 21.8. The zero-order valence-electron chi connectivity index (χ0n) is 19.6. The number of hydrogen-bond acceptors (Lipinski definition) is 3. The second-order valence-electron chi connectivity index (χ2n) is 8.97. The van der Waals surface area contributed by atoms with Gasteiger partial charge in [-0.1, -0.05) is 83.3 Å². The Morgan fingerprint density at radius 1 is 0.867 bits per heavy atom. The quantitative estimate of drug-likeness (QED) is 0.317. The van der Waals surface area contributed by atoms with Crippen LogP contribution >= 0.6 is 0 Å². The molecule has 2 aromatic rings. The molecule has 30 heavy (non-hydrogen) atoms. The van der Waals surface area contributed by atoms with Crippen LogP contribution in [0.15, 0.2) is 24.8 Å². The number of rotatable bonds is 14. The monoisotopic (exact) mass is 408 g/mol. The van der Waals surface area contributed by atoms with Crippen LogP contribution in [0.5, 0.6) is 0 Å². The Morgan fingerprint density at radius 2 is 1.47 bits per heavy atom. The lowest BCUT2D eigenvalue weighted by Crippen LogP contribution is -2.31. The van der Waals surface area contributed by atoms with E-state index in [1.807, 2.05) is 4.68 Å². The first-order valence-electron chi connectivity index (χ1n) is 11.8. The van der Waals surface area contributed by atoms with Crippen molar-refractivity contribution in [3.8, 4) is 6.07 Å². The lowest BCUT2D eigenvalue weighted by atomic mass is 9.74. The Morgan fingerprint density at radius 3 is 2.03 bits per heavy atom. The molecule has 2 rings (SSSR count). The van der Waals surface area contributed by atoms with Gasteiger partial charge in [-0.3, -0.25) is 4.68 Å². The Hall–Kier alpha value is -2.15. The van der Waals surface area contributed by atoms with Gasteiger partial charge in [0.15, 0.2) is 0 Å². The average molecular weight is 409 g/mol. The van der Waals surface area contributed by atoms with Crippen LogP contribution in [-0.4, -0.2) is 14.8 Å². The first-order chi connectivity index (χ1) is 14.5. The van der Waals surface area contributed by atoms with Gasteiger partial charge < -0.3 is 0 Å². The predicted molar refractivity (Wildman–Crippen MR) is 124 cm³/mol. The molecule has 4 heteroatoms. The van der Waals surface area contributed by atoms with E-state index >= 15 is 0 Å². The first kappa shape index (κ1) is 24.1. The second kappa shape index (κ2) is 12.5. The maximum absolute atomic E-state index is 10.3. The Kier molecular flexibility index (Phi) is 10.1. The van der Waals surface area contributed by atoms with Crippen molar-refractivity contribution in [2.45, 2.75) is 110 Å². The topological polar surface area (TPSA) is 54.5 Å². The molecule has 0 aliphatic heterocycles. The van der Waals surface area contributed by atoms with Gasteiger partial charge in [0.25, 0.3) is 0 Å². The number of aromatic nitrogens is 3. The molecular weight excluding hydrogens is 368 g/mol. The van der Waals surface area contributed by atoms with Crippen LogP contribution in [0.4, 0.5) is 0 Å². The normalized spacial score (nSPS) is 13.2. The van der Waals surface area contributed by atoms with E-state index in [4.69, 9.17) is 0 Å². The van der Waals surface area contributed by atoms with Gasteiger partial charge >= 0.3 is 0 Å². The van der Waals surface area contributed by atoms with Crippen molar-refractivity contribution in [1.29, 1.82) is 5.26 Å². The smallest absolute Gasteiger partial charge is 0.137 e. The molecule has 164 valence electrons. The molecule has 0 aliphatic carbocycles. The van der Waals surface area contributed by atoms with Crippen molar-refractivity contribution in [3.63, 3.8) is 0 Å². The molecule has 0 aliphatic rings. The molecule has 4 nitrogen and oxygen atoms in total. The van der Waals surface area contributed by atoms with Gasteiger partial charge in [0.2, 0.25) is 0 Å². The van der Waals surface area contributed by atoms with Gasteiger partial charge in [-0.25, -0.2) is 4.98 Å². The molecule has 0 amide bonds. The van der Waals surface area contributed by atoms with E-state index < -0.39 is 5.41 Å². The van der Waals surface area contributed by atoms with Crippen molar-refractivity contribution in [3.05, 3.63) is 47.0 Å². The summed E-state index contributed by atoms with van der Waals surface area (Å²) < 4.78 is 1.81. The third kappa shape index (κ3) is 6.97. The summed E-state index contributed by atoms with van der Waals surface area (Å²) in [6, 6.07) is 7.14. The summed E-state index contributed by atoms with van der Waals surface area (Å²) >= 11 is 0. The summed E-state index contributed by atoms with van der Waals surface area (Å²) in [5.41, 5.74) is 4.32. The molecule has 1 aromatic carbocycles. The molecule has 1 aromatic heterocycles. The third-order valence-electron chi connectivity index (χ3n) is 6.43. The molecule has 0 N–H and O–H groups in total. The number of benzene rings is 1. The Balaban J connectivity index is 1.98. The molecule has 0 bridgehead atoms. The zero-order valence-corrected chi connectivity index (χ0v) is 19.6. The molecule has 1 unspecified atom stereocenters. The van der Waals surface area contributed by atoms with Crippen molar-refractivity contribution in [2.24, 2.45) is 0 Å². The summed E-state index contributed by atoms with van der Waals surface area (Å²) in [6.45, 7) is 9.23. The van der Waals surface area contributed by atoms with E-state index in [1.54, 1.807) is 12.7 Å². The largest absolute Gasteiger partial charge is 0.251 e. The summed E-state index contributed by atoms with van der Waals surface area (Å²) in [6.07, 6.45) is 17.2. The van der Waals surface area contributed by atoms with E-state index in [2.05, 4.69) is 56.0 Å². The summed E-state index contributed by atoms with van der Waals surface area (Å²) in [5.74, 6) is 0. The minimum Gasteiger partial charge on any atom is -0.251 e. The van der Waals surface area contributed by atoms with Gasteiger partial charge in [0, 0.05) is 0 Å². The highest BCUT2D eigenvalue weighted by Crippen LogP contribution is 2.35. The van der Waals surface area contributed by atoms with Gasteiger partial charge in [-0.05, 0) is 49.4 Å². The molecule has 0 saturated carbocycles. The van der Waals surface area contributed by atoms with Gasteiger partial charge in [0.05, 0.1) is 12.6 Å². The van der Waals surface area contributed by atoms with E-state index in [-0.39, 0.29) is 0 Å². The Bertz CT molecular complexity index is 788. The fraction of sp³-hybridized carbons (Fsp3) is 0.654.